The number of carbonyl (C=O) groups is 1. The number of nitrogens with one attached hydrogen (secondary N) is 1. The number of ketones is 1. The zero-order valence-corrected chi connectivity index (χ0v) is 9.29. The number of anilines is 1. The fraction of sp³-hybridized carbons (Fsp3) is 0.0833. The lowest BCUT2D eigenvalue weighted by Gasteiger charge is -2.09. The molecule has 1 aliphatic rings. The smallest absolute Gasteiger partial charge is 0.196 e. The monoisotopic (exact) mass is 234 g/mol. The quantitative estimate of drug-likeness (QED) is 0.609. The number of halogens is 1. The van der Waals surface area contributed by atoms with Gasteiger partial charge in [0.05, 0.1) is 0 Å². The van der Waals surface area contributed by atoms with Crippen LogP contribution in [0.25, 0.3) is 0 Å². The van der Waals surface area contributed by atoms with E-state index in [-0.39, 0.29) is 5.78 Å². The largest absolute Gasteiger partial charge is 0.398 e. The molecule has 0 radical (unpaired) electrons. The van der Waals surface area contributed by atoms with Crippen LogP contribution in [-0.2, 0) is 0 Å². The zero-order chi connectivity index (χ0) is 11.5. The van der Waals surface area contributed by atoms with E-state index in [1.165, 1.54) is 0 Å². The van der Waals surface area contributed by atoms with Crippen LogP contribution in [0, 0.1) is 0 Å². The summed E-state index contributed by atoms with van der Waals surface area (Å²) in [5.74, 6) is -0.122. The van der Waals surface area contributed by atoms with Crippen molar-refractivity contribution in [2.75, 3.05) is 12.3 Å². The summed E-state index contributed by atoms with van der Waals surface area (Å²) in [6.07, 6.45) is 5.34. The molecular weight excluding hydrogens is 224 g/mol. The van der Waals surface area contributed by atoms with Crippen molar-refractivity contribution >= 4 is 23.1 Å². The van der Waals surface area contributed by atoms with Gasteiger partial charge in [-0.2, -0.15) is 0 Å². The highest BCUT2D eigenvalue weighted by atomic mass is 35.5. The maximum atomic E-state index is 12.1. The van der Waals surface area contributed by atoms with E-state index in [9.17, 15) is 4.79 Å². The molecule has 0 saturated heterocycles. The summed E-state index contributed by atoms with van der Waals surface area (Å²) in [6, 6.07) is 4.88. The third-order valence-corrected chi connectivity index (χ3v) is 2.55. The van der Waals surface area contributed by atoms with E-state index in [4.69, 9.17) is 17.3 Å². The van der Waals surface area contributed by atoms with Crippen LogP contribution >= 0.6 is 11.6 Å². The van der Waals surface area contributed by atoms with E-state index >= 15 is 0 Å². The molecule has 1 aromatic carbocycles. The van der Waals surface area contributed by atoms with Crippen molar-refractivity contribution < 1.29 is 4.79 Å². The highest BCUT2D eigenvalue weighted by Crippen LogP contribution is 2.21. The molecular formula is C12H11ClN2O. The minimum Gasteiger partial charge on any atom is -0.398 e. The van der Waals surface area contributed by atoms with Crippen LogP contribution in [0.15, 0.2) is 42.1 Å². The fourth-order valence-electron chi connectivity index (χ4n) is 1.49. The van der Waals surface area contributed by atoms with Gasteiger partial charge in [-0.3, -0.25) is 4.79 Å². The van der Waals surface area contributed by atoms with Crippen molar-refractivity contribution in [3.05, 3.63) is 52.7 Å². The Morgan fingerprint density at radius 1 is 1.44 bits per heavy atom. The van der Waals surface area contributed by atoms with Gasteiger partial charge < -0.3 is 11.1 Å². The maximum Gasteiger partial charge on any atom is 0.196 e. The van der Waals surface area contributed by atoms with E-state index in [2.05, 4.69) is 5.32 Å². The van der Waals surface area contributed by atoms with Gasteiger partial charge in [0.2, 0.25) is 0 Å². The molecule has 82 valence electrons. The summed E-state index contributed by atoms with van der Waals surface area (Å²) in [7, 11) is 0. The number of carbonyl (C=O) groups excluding carboxylic acids is 1. The van der Waals surface area contributed by atoms with E-state index in [1.807, 2.05) is 6.08 Å². The number of hydrogen-bond donors (Lipinski definition) is 2. The van der Waals surface area contributed by atoms with E-state index in [1.54, 1.807) is 30.5 Å². The van der Waals surface area contributed by atoms with E-state index < -0.39 is 0 Å². The fourth-order valence-corrected chi connectivity index (χ4v) is 1.66. The molecule has 0 aromatic heterocycles. The van der Waals surface area contributed by atoms with Crippen LogP contribution in [0.3, 0.4) is 0 Å². The van der Waals surface area contributed by atoms with Gasteiger partial charge >= 0.3 is 0 Å². The second-order valence-corrected chi connectivity index (χ2v) is 3.91. The molecule has 1 aromatic rings. The molecule has 0 atom stereocenters. The second kappa shape index (κ2) is 4.41. The molecule has 16 heavy (non-hydrogen) atoms. The Kier molecular flexibility index (Phi) is 2.97. The highest BCUT2D eigenvalue weighted by Gasteiger charge is 2.14. The lowest BCUT2D eigenvalue weighted by atomic mass is 10.0. The number of allylic oxidation sites excluding steroid dienone is 2. The summed E-state index contributed by atoms with van der Waals surface area (Å²) in [5, 5.41) is 3.48. The predicted octanol–water partition coefficient (Wildman–Crippen LogP) is 2.15. The minimum atomic E-state index is -0.122. The molecule has 0 unspecified atom stereocenters. The van der Waals surface area contributed by atoms with Crippen molar-refractivity contribution in [2.45, 2.75) is 0 Å². The third kappa shape index (κ3) is 2.09. The molecule has 1 heterocycles. The van der Waals surface area contributed by atoms with E-state index in [0.29, 0.717) is 21.8 Å². The van der Waals surface area contributed by atoms with Crippen molar-refractivity contribution in [2.24, 2.45) is 0 Å². The second-order valence-electron chi connectivity index (χ2n) is 3.47. The Morgan fingerprint density at radius 2 is 2.25 bits per heavy atom. The molecule has 0 spiro atoms. The van der Waals surface area contributed by atoms with Crippen molar-refractivity contribution in [3.63, 3.8) is 0 Å². The van der Waals surface area contributed by atoms with Crippen LogP contribution in [0.4, 0.5) is 5.69 Å². The summed E-state index contributed by atoms with van der Waals surface area (Å²) in [4.78, 5) is 12.1. The SMILES string of the molecule is Nc1ccc(Cl)cc1C(=O)C1=CNCC=C1. The van der Waals surface area contributed by atoms with Gasteiger partial charge in [0.25, 0.3) is 0 Å². The van der Waals surface area contributed by atoms with Gasteiger partial charge in [-0.15, -0.1) is 0 Å². The Balaban J connectivity index is 2.37. The molecule has 0 fully saturated rings. The first-order chi connectivity index (χ1) is 7.68. The van der Waals surface area contributed by atoms with Gasteiger partial charge in [0, 0.05) is 34.6 Å². The minimum absolute atomic E-state index is 0.122. The van der Waals surface area contributed by atoms with Crippen LogP contribution in [0.5, 0.6) is 0 Å². The first-order valence-corrected chi connectivity index (χ1v) is 5.26. The first-order valence-electron chi connectivity index (χ1n) is 4.88. The summed E-state index contributed by atoms with van der Waals surface area (Å²) in [5.41, 5.74) is 7.21. The van der Waals surface area contributed by atoms with Gasteiger partial charge in [-0.25, -0.2) is 0 Å². The number of rotatable bonds is 2. The van der Waals surface area contributed by atoms with Gasteiger partial charge in [-0.05, 0) is 18.2 Å². The molecule has 2 rings (SSSR count). The average Bonchev–Trinajstić information content (AvgIpc) is 2.32. The van der Waals surface area contributed by atoms with Crippen molar-refractivity contribution in [1.29, 1.82) is 0 Å². The predicted molar refractivity (Wildman–Crippen MR) is 65.4 cm³/mol. The summed E-state index contributed by atoms with van der Waals surface area (Å²) in [6.45, 7) is 0.738. The average molecular weight is 235 g/mol. The van der Waals surface area contributed by atoms with E-state index in [0.717, 1.165) is 6.54 Å². The molecule has 0 amide bonds. The standard InChI is InChI=1S/C12H11ClN2O/c13-9-3-4-11(14)10(6-9)12(16)8-2-1-5-15-7-8/h1-4,6-7,15H,5,14H2. The Morgan fingerprint density at radius 3 is 2.94 bits per heavy atom. The molecule has 4 heteroatoms. The topological polar surface area (TPSA) is 55.1 Å². The number of nitrogens with two attached hydrogens (primary N) is 1. The Hall–Kier alpha value is -1.74. The van der Waals surface area contributed by atoms with Crippen LogP contribution in [-0.4, -0.2) is 12.3 Å². The summed E-state index contributed by atoms with van der Waals surface area (Å²) < 4.78 is 0. The maximum absolute atomic E-state index is 12.1. The molecule has 0 aliphatic carbocycles. The van der Waals surface area contributed by atoms with Crippen LogP contribution < -0.4 is 11.1 Å². The van der Waals surface area contributed by atoms with Crippen LogP contribution in [0.2, 0.25) is 5.02 Å². The number of Topliss-reactive ketones (excluding diaryl/α,β-unsaturated/α-hetero) is 1. The molecule has 3 N–H and O–H groups in total. The Labute approximate surface area is 98.6 Å². The number of benzene rings is 1. The van der Waals surface area contributed by atoms with Crippen molar-refractivity contribution in [1.82, 2.24) is 5.32 Å². The van der Waals surface area contributed by atoms with Crippen LogP contribution in [0.1, 0.15) is 10.4 Å². The molecule has 3 nitrogen and oxygen atoms in total. The normalized spacial score (nSPS) is 14.2. The zero-order valence-electron chi connectivity index (χ0n) is 8.53. The lowest BCUT2D eigenvalue weighted by molar-refractivity contribution is 0.103. The number of nitrogen functional groups attached to an aromatic ring is 1. The first kappa shape index (κ1) is 10.8. The summed E-state index contributed by atoms with van der Waals surface area (Å²) >= 11 is 5.84. The van der Waals surface area contributed by atoms with Gasteiger partial charge in [0.1, 0.15) is 0 Å². The highest BCUT2D eigenvalue weighted by molar-refractivity contribution is 6.31. The Bertz CT molecular complexity index is 492. The third-order valence-electron chi connectivity index (χ3n) is 2.31. The molecule has 1 aliphatic heterocycles. The number of dihydropyridines is 1. The van der Waals surface area contributed by atoms with Gasteiger partial charge in [-0.1, -0.05) is 23.8 Å². The van der Waals surface area contributed by atoms with Gasteiger partial charge in [0.15, 0.2) is 5.78 Å². The lowest BCUT2D eigenvalue weighted by Crippen LogP contribution is -2.14. The molecule has 0 bridgehead atoms. The molecule has 0 saturated carbocycles. The number of hydrogen-bond acceptors (Lipinski definition) is 3. The van der Waals surface area contributed by atoms with Crippen molar-refractivity contribution in [3.8, 4) is 0 Å².